The molecule has 1 aliphatic carbocycles. The van der Waals surface area contributed by atoms with E-state index in [1.165, 1.54) is 17.5 Å². The van der Waals surface area contributed by atoms with Crippen molar-refractivity contribution in [3.05, 3.63) is 35.4 Å². The Balaban J connectivity index is 1.80. The maximum atomic E-state index is 5.91. The average Bonchev–Trinajstić information content (AvgIpc) is 2.83. The van der Waals surface area contributed by atoms with Gasteiger partial charge in [-0.05, 0) is 44.4 Å². The van der Waals surface area contributed by atoms with Gasteiger partial charge in [-0.25, -0.2) is 0 Å². The summed E-state index contributed by atoms with van der Waals surface area (Å²) in [6.45, 7) is 9.81. The van der Waals surface area contributed by atoms with Crippen molar-refractivity contribution in [1.29, 1.82) is 0 Å². The van der Waals surface area contributed by atoms with Gasteiger partial charge in [0.15, 0.2) is 0 Å². The molecule has 116 valence electrons. The lowest BCUT2D eigenvalue weighted by Crippen LogP contribution is -2.53. The van der Waals surface area contributed by atoms with Gasteiger partial charge in [0, 0.05) is 25.2 Å². The summed E-state index contributed by atoms with van der Waals surface area (Å²) in [5.74, 6) is 0. The third-order valence-electron chi connectivity index (χ3n) is 4.74. The maximum absolute atomic E-state index is 5.91. The van der Waals surface area contributed by atoms with Crippen LogP contribution in [0.15, 0.2) is 24.3 Å². The van der Waals surface area contributed by atoms with Gasteiger partial charge in [-0.3, -0.25) is 4.90 Å². The Morgan fingerprint density at radius 3 is 2.62 bits per heavy atom. The Labute approximate surface area is 128 Å². The van der Waals surface area contributed by atoms with E-state index in [4.69, 9.17) is 4.74 Å². The zero-order valence-corrected chi connectivity index (χ0v) is 13.5. The highest BCUT2D eigenvalue weighted by molar-refractivity contribution is 5.37. The van der Waals surface area contributed by atoms with Gasteiger partial charge in [0.2, 0.25) is 0 Å². The molecule has 1 aromatic rings. The zero-order valence-electron chi connectivity index (χ0n) is 13.5. The van der Waals surface area contributed by atoms with Crippen molar-refractivity contribution < 1.29 is 4.74 Å². The number of nitrogens with one attached hydrogen (secondary N) is 1. The van der Waals surface area contributed by atoms with Gasteiger partial charge in [-0.1, -0.05) is 31.2 Å². The molecule has 3 heteroatoms. The molecule has 2 aliphatic rings. The van der Waals surface area contributed by atoms with Crippen LogP contribution in [0, 0.1) is 0 Å². The number of ether oxygens (including phenoxy) is 1. The molecule has 3 rings (SSSR count). The van der Waals surface area contributed by atoms with Crippen molar-refractivity contribution in [3.63, 3.8) is 0 Å². The van der Waals surface area contributed by atoms with Crippen molar-refractivity contribution in [2.45, 2.75) is 57.9 Å². The molecule has 1 fully saturated rings. The van der Waals surface area contributed by atoms with Gasteiger partial charge < -0.3 is 10.1 Å². The smallest absolute Gasteiger partial charge is 0.0678 e. The average molecular weight is 288 g/mol. The van der Waals surface area contributed by atoms with E-state index in [1.54, 1.807) is 0 Å². The zero-order chi connectivity index (χ0) is 14.8. The van der Waals surface area contributed by atoms with Gasteiger partial charge in [-0.2, -0.15) is 0 Å². The second-order valence-electron chi connectivity index (χ2n) is 6.61. The van der Waals surface area contributed by atoms with Gasteiger partial charge in [0.1, 0.15) is 0 Å². The number of hydrogen-bond donors (Lipinski definition) is 1. The molecule has 1 saturated heterocycles. The van der Waals surface area contributed by atoms with Crippen LogP contribution in [0.3, 0.4) is 0 Å². The quantitative estimate of drug-likeness (QED) is 0.922. The summed E-state index contributed by atoms with van der Waals surface area (Å²) in [7, 11) is 0. The molecular weight excluding hydrogens is 260 g/mol. The molecule has 0 amide bonds. The predicted molar refractivity (Wildman–Crippen MR) is 86.6 cm³/mol. The van der Waals surface area contributed by atoms with E-state index in [0.717, 1.165) is 26.1 Å². The Morgan fingerprint density at radius 2 is 1.90 bits per heavy atom. The Hall–Kier alpha value is -0.900. The van der Waals surface area contributed by atoms with Gasteiger partial charge in [-0.15, -0.1) is 0 Å². The molecule has 0 radical (unpaired) electrons. The summed E-state index contributed by atoms with van der Waals surface area (Å²) >= 11 is 0. The first-order valence-corrected chi connectivity index (χ1v) is 8.39. The molecule has 1 aliphatic heterocycles. The highest BCUT2D eigenvalue weighted by Crippen LogP contribution is 2.35. The van der Waals surface area contributed by atoms with Crippen LogP contribution in [0.2, 0.25) is 0 Å². The van der Waals surface area contributed by atoms with E-state index in [0.29, 0.717) is 24.3 Å². The van der Waals surface area contributed by atoms with Crippen molar-refractivity contribution in [3.8, 4) is 0 Å². The van der Waals surface area contributed by atoms with Gasteiger partial charge >= 0.3 is 0 Å². The maximum Gasteiger partial charge on any atom is 0.0678 e. The third-order valence-corrected chi connectivity index (χ3v) is 4.74. The van der Waals surface area contributed by atoms with Crippen molar-refractivity contribution in [1.82, 2.24) is 10.2 Å². The summed E-state index contributed by atoms with van der Waals surface area (Å²) in [4.78, 5) is 2.64. The molecule has 0 aromatic heterocycles. The van der Waals surface area contributed by atoms with E-state index in [2.05, 4.69) is 55.3 Å². The minimum Gasteiger partial charge on any atom is -0.373 e. The van der Waals surface area contributed by atoms with E-state index >= 15 is 0 Å². The SMILES string of the molecule is CCCNC1c2ccccc2CC1N1C[C@@H](C)O[C@@H](C)C1. The lowest BCUT2D eigenvalue weighted by molar-refractivity contribution is -0.0830. The fourth-order valence-corrected chi connectivity index (χ4v) is 3.95. The molecule has 0 bridgehead atoms. The molecule has 0 spiro atoms. The number of rotatable bonds is 4. The first-order chi connectivity index (χ1) is 10.2. The summed E-state index contributed by atoms with van der Waals surface area (Å²) in [6, 6.07) is 9.98. The number of morpholine rings is 1. The van der Waals surface area contributed by atoms with Crippen LogP contribution in [0.25, 0.3) is 0 Å². The molecular formula is C18H28N2O. The van der Waals surface area contributed by atoms with Crippen LogP contribution in [-0.2, 0) is 11.2 Å². The number of nitrogens with zero attached hydrogens (tertiary/aromatic N) is 1. The fraction of sp³-hybridized carbons (Fsp3) is 0.667. The summed E-state index contributed by atoms with van der Waals surface area (Å²) in [5, 5.41) is 3.78. The minimum absolute atomic E-state index is 0.337. The summed E-state index contributed by atoms with van der Waals surface area (Å²) < 4.78 is 5.91. The Morgan fingerprint density at radius 1 is 1.19 bits per heavy atom. The topological polar surface area (TPSA) is 24.5 Å². The van der Waals surface area contributed by atoms with Crippen LogP contribution < -0.4 is 5.32 Å². The molecule has 1 aromatic carbocycles. The standard InChI is InChI=1S/C18H28N2O/c1-4-9-19-18-16-8-6-5-7-15(16)10-17(18)20-11-13(2)21-14(3)12-20/h5-8,13-14,17-19H,4,9-12H2,1-3H3/t13-,14+,17?,18?. The molecule has 3 nitrogen and oxygen atoms in total. The number of benzene rings is 1. The lowest BCUT2D eigenvalue weighted by Gasteiger charge is -2.41. The van der Waals surface area contributed by atoms with Crippen LogP contribution in [-0.4, -0.2) is 42.8 Å². The van der Waals surface area contributed by atoms with Gasteiger partial charge in [0.25, 0.3) is 0 Å². The fourth-order valence-electron chi connectivity index (χ4n) is 3.95. The van der Waals surface area contributed by atoms with Crippen LogP contribution in [0.4, 0.5) is 0 Å². The highest BCUT2D eigenvalue weighted by atomic mass is 16.5. The Kier molecular flexibility index (Phi) is 4.63. The molecule has 1 N–H and O–H groups in total. The number of hydrogen-bond acceptors (Lipinski definition) is 3. The largest absolute Gasteiger partial charge is 0.373 e. The molecule has 2 unspecified atom stereocenters. The molecule has 21 heavy (non-hydrogen) atoms. The summed E-state index contributed by atoms with van der Waals surface area (Å²) in [6.07, 6.45) is 3.02. The first-order valence-electron chi connectivity index (χ1n) is 8.39. The van der Waals surface area contributed by atoms with Crippen molar-refractivity contribution >= 4 is 0 Å². The first kappa shape index (κ1) is 15.0. The van der Waals surface area contributed by atoms with Gasteiger partial charge in [0.05, 0.1) is 12.2 Å². The van der Waals surface area contributed by atoms with E-state index in [-0.39, 0.29) is 0 Å². The third kappa shape index (κ3) is 3.15. The lowest BCUT2D eigenvalue weighted by atomic mass is 10.0. The van der Waals surface area contributed by atoms with Crippen molar-refractivity contribution in [2.24, 2.45) is 0 Å². The molecule has 0 saturated carbocycles. The van der Waals surface area contributed by atoms with Crippen LogP contribution in [0.5, 0.6) is 0 Å². The number of fused-ring (bicyclic) bond motifs is 1. The van der Waals surface area contributed by atoms with Crippen LogP contribution >= 0.6 is 0 Å². The molecule has 4 atom stereocenters. The second-order valence-corrected chi connectivity index (χ2v) is 6.61. The van der Waals surface area contributed by atoms with Crippen LogP contribution in [0.1, 0.15) is 44.4 Å². The highest BCUT2D eigenvalue weighted by Gasteiger charge is 2.38. The van der Waals surface area contributed by atoms with Crippen molar-refractivity contribution in [2.75, 3.05) is 19.6 Å². The monoisotopic (exact) mass is 288 g/mol. The second kappa shape index (κ2) is 6.47. The predicted octanol–water partition coefficient (Wildman–Crippen LogP) is 2.76. The molecule has 1 heterocycles. The summed E-state index contributed by atoms with van der Waals surface area (Å²) in [5.41, 5.74) is 3.02. The van der Waals surface area contributed by atoms with E-state index in [9.17, 15) is 0 Å². The van der Waals surface area contributed by atoms with E-state index in [1.807, 2.05) is 0 Å². The minimum atomic E-state index is 0.337. The van der Waals surface area contributed by atoms with E-state index < -0.39 is 0 Å². The normalized spacial score (nSPS) is 33.1. The Bertz CT molecular complexity index is 466.